The molecule has 0 saturated carbocycles. The van der Waals surface area contributed by atoms with Gasteiger partial charge in [0.2, 0.25) is 0 Å². The van der Waals surface area contributed by atoms with Crippen LogP contribution in [0.3, 0.4) is 0 Å². The number of halogens is 1. The average Bonchev–Trinajstić information content (AvgIpc) is 2.66. The molecule has 1 N–H and O–H groups in total. The Morgan fingerprint density at radius 3 is 2.79 bits per heavy atom. The zero-order valence-corrected chi connectivity index (χ0v) is 7.39. The Kier molecular flexibility index (Phi) is 2.28. The topological polar surface area (TPSA) is 38.1 Å². The number of aliphatic hydroxyl groups excluding tert-OH is 1. The molecule has 1 aromatic carbocycles. The first-order valence-corrected chi connectivity index (χ1v) is 4.21. The number of aliphatic hydroxyl groups is 1. The van der Waals surface area contributed by atoms with Gasteiger partial charge in [0, 0.05) is 6.20 Å². The molecule has 2 aromatic rings. The van der Waals surface area contributed by atoms with Crippen LogP contribution in [-0.2, 0) is 6.61 Å². The molecule has 4 heteroatoms. The number of benzene rings is 1. The zero-order chi connectivity index (χ0) is 9.97. The third kappa shape index (κ3) is 1.40. The Hall–Kier alpha value is -1.68. The van der Waals surface area contributed by atoms with Gasteiger partial charge in [-0.1, -0.05) is 12.1 Å². The minimum atomic E-state index is -0.356. The predicted molar refractivity (Wildman–Crippen MR) is 49.4 cm³/mol. The SMILES string of the molecule is OCc1ccnn1-c1ccccc1F. The number of nitrogens with zero attached hydrogens (tertiary/aromatic N) is 2. The monoisotopic (exact) mass is 192 g/mol. The van der Waals surface area contributed by atoms with Gasteiger partial charge in [0.25, 0.3) is 0 Å². The highest BCUT2D eigenvalue weighted by Crippen LogP contribution is 2.13. The molecule has 0 unspecified atom stereocenters. The van der Waals surface area contributed by atoms with Crippen LogP contribution >= 0.6 is 0 Å². The number of para-hydroxylation sites is 1. The van der Waals surface area contributed by atoms with Crippen LogP contribution in [-0.4, -0.2) is 14.9 Å². The quantitative estimate of drug-likeness (QED) is 0.783. The number of rotatable bonds is 2. The van der Waals surface area contributed by atoms with Crippen LogP contribution in [0.1, 0.15) is 5.69 Å². The smallest absolute Gasteiger partial charge is 0.148 e. The largest absolute Gasteiger partial charge is 0.390 e. The lowest BCUT2D eigenvalue weighted by molar-refractivity contribution is 0.273. The van der Waals surface area contributed by atoms with E-state index in [0.717, 1.165) is 0 Å². The van der Waals surface area contributed by atoms with Gasteiger partial charge in [0.05, 0.1) is 12.3 Å². The highest BCUT2D eigenvalue weighted by atomic mass is 19.1. The summed E-state index contributed by atoms with van der Waals surface area (Å²) >= 11 is 0. The van der Waals surface area contributed by atoms with Crippen LogP contribution in [0.2, 0.25) is 0 Å². The molecule has 0 saturated heterocycles. The Balaban J connectivity index is 2.54. The number of aromatic nitrogens is 2. The molecule has 0 aliphatic carbocycles. The third-order valence-electron chi connectivity index (χ3n) is 1.96. The summed E-state index contributed by atoms with van der Waals surface area (Å²) in [5, 5.41) is 12.9. The highest BCUT2D eigenvalue weighted by molar-refractivity contribution is 5.33. The van der Waals surface area contributed by atoms with Gasteiger partial charge in [-0.15, -0.1) is 0 Å². The Morgan fingerprint density at radius 2 is 2.07 bits per heavy atom. The molecule has 1 aromatic heterocycles. The van der Waals surface area contributed by atoms with E-state index in [1.807, 2.05) is 0 Å². The van der Waals surface area contributed by atoms with Crippen LogP contribution in [0.25, 0.3) is 5.69 Å². The maximum Gasteiger partial charge on any atom is 0.148 e. The molecule has 0 radical (unpaired) electrons. The van der Waals surface area contributed by atoms with Gasteiger partial charge in [-0.2, -0.15) is 5.10 Å². The molecular formula is C10H9FN2O. The molecule has 72 valence electrons. The zero-order valence-electron chi connectivity index (χ0n) is 7.39. The van der Waals surface area contributed by atoms with Gasteiger partial charge < -0.3 is 5.11 Å². The van der Waals surface area contributed by atoms with Crippen LogP contribution in [0.4, 0.5) is 4.39 Å². The molecule has 0 atom stereocenters. The van der Waals surface area contributed by atoms with Crippen molar-refractivity contribution in [3.63, 3.8) is 0 Å². The Bertz CT molecular complexity index is 439. The molecule has 0 spiro atoms. The lowest BCUT2D eigenvalue weighted by atomic mass is 10.3. The third-order valence-corrected chi connectivity index (χ3v) is 1.96. The fourth-order valence-electron chi connectivity index (χ4n) is 1.29. The molecule has 0 aliphatic heterocycles. The molecule has 2 rings (SSSR count). The van der Waals surface area contributed by atoms with E-state index in [4.69, 9.17) is 5.11 Å². The van der Waals surface area contributed by atoms with Gasteiger partial charge >= 0.3 is 0 Å². The number of hydrogen-bond acceptors (Lipinski definition) is 2. The second kappa shape index (κ2) is 3.59. The molecule has 3 nitrogen and oxygen atoms in total. The van der Waals surface area contributed by atoms with Crippen LogP contribution in [0, 0.1) is 5.82 Å². The first-order chi connectivity index (χ1) is 6.83. The van der Waals surface area contributed by atoms with Crippen molar-refractivity contribution in [2.24, 2.45) is 0 Å². The molecule has 14 heavy (non-hydrogen) atoms. The average molecular weight is 192 g/mol. The second-order valence-corrected chi connectivity index (χ2v) is 2.84. The summed E-state index contributed by atoms with van der Waals surface area (Å²) in [5.74, 6) is -0.356. The van der Waals surface area contributed by atoms with Crippen molar-refractivity contribution in [3.05, 3.63) is 48.0 Å². The molecule has 0 amide bonds. The van der Waals surface area contributed by atoms with Crippen molar-refractivity contribution in [2.75, 3.05) is 0 Å². The Labute approximate surface area is 80.4 Å². The van der Waals surface area contributed by atoms with E-state index in [1.54, 1.807) is 24.3 Å². The van der Waals surface area contributed by atoms with E-state index in [-0.39, 0.29) is 12.4 Å². The molecule has 0 aliphatic rings. The summed E-state index contributed by atoms with van der Waals surface area (Å²) < 4.78 is 14.7. The summed E-state index contributed by atoms with van der Waals surface area (Å²) in [6.07, 6.45) is 1.53. The minimum Gasteiger partial charge on any atom is -0.390 e. The van der Waals surface area contributed by atoms with E-state index < -0.39 is 0 Å². The maximum atomic E-state index is 13.3. The van der Waals surface area contributed by atoms with Crippen molar-refractivity contribution < 1.29 is 9.50 Å². The van der Waals surface area contributed by atoms with Crippen LogP contribution in [0.5, 0.6) is 0 Å². The van der Waals surface area contributed by atoms with E-state index in [9.17, 15) is 4.39 Å². The summed E-state index contributed by atoms with van der Waals surface area (Å²) in [6, 6.07) is 7.95. The standard InChI is InChI=1S/C10H9FN2O/c11-9-3-1-2-4-10(9)13-8(7-14)5-6-12-13/h1-6,14H,7H2. The Morgan fingerprint density at radius 1 is 1.29 bits per heavy atom. The summed E-state index contributed by atoms with van der Waals surface area (Å²) in [5.41, 5.74) is 0.914. The normalized spacial score (nSPS) is 10.4. The van der Waals surface area contributed by atoms with Crippen molar-refractivity contribution in [2.45, 2.75) is 6.61 Å². The summed E-state index contributed by atoms with van der Waals surface area (Å²) in [7, 11) is 0. The molecular weight excluding hydrogens is 183 g/mol. The van der Waals surface area contributed by atoms with Gasteiger partial charge in [0.1, 0.15) is 11.5 Å². The lowest BCUT2D eigenvalue weighted by Gasteiger charge is -2.05. The van der Waals surface area contributed by atoms with E-state index in [1.165, 1.54) is 16.9 Å². The lowest BCUT2D eigenvalue weighted by Crippen LogP contribution is -2.03. The van der Waals surface area contributed by atoms with Crippen LogP contribution in [0.15, 0.2) is 36.5 Å². The number of hydrogen-bond donors (Lipinski definition) is 1. The first kappa shape index (κ1) is 8.90. The van der Waals surface area contributed by atoms with Gasteiger partial charge in [-0.05, 0) is 18.2 Å². The fraction of sp³-hybridized carbons (Fsp3) is 0.100. The van der Waals surface area contributed by atoms with Crippen molar-refractivity contribution in [3.8, 4) is 5.69 Å². The maximum absolute atomic E-state index is 13.3. The first-order valence-electron chi connectivity index (χ1n) is 4.21. The summed E-state index contributed by atoms with van der Waals surface area (Å²) in [6.45, 7) is -0.158. The molecule has 0 fully saturated rings. The van der Waals surface area contributed by atoms with Gasteiger partial charge in [-0.25, -0.2) is 9.07 Å². The van der Waals surface area contributed by atoms with Gasteiger partial charge in [-0.3, -0.25) is 0 Å². The van der Waals surface area contributed by atoms with Gasteiger partial charge in [0.15, 0.2) is 0 Å². The molecule has 0 bridgehead atoms. The molecule has 1 heterocycles. The highest BCUT2D eigenvalue weighted by Gasteiger charge is 2.07. The summed E-state index contributed by atoms with van der Waals surface area (Å²) in [4.78, 5) is 0. The van der Waals surface area contributed by atoms with E-state index in [2.05, 4.69) is 5.10 Å². The van der Waals surface area contributed by atoms with Crippen molar-refractivity contribution in [1.82, 2.24) is 9.78 Å². The van der Waals surface area contributed by atoms with E-state index in [0.29, 0.717) is 11.4 Å². The van der Waals surface area contributed by atoms with Crippen molar-refractivity contribution in [1.29, 1.82) is 0 Å². The second-order valence-electron chi connectivity index (χ2n) is 2.84. The predicted octanol–water partition coefficient (Wildman–Crippen LogP) is 1.50. The minimum absolute atomic E-state index is 0.158. The van der Waals surface area contributed by atoms with E-state index >= 15 is 0 Å². The fourth-order valence-corrected chi connectivity index (χ4v) is 1.29. The van der Waals surface area contributed by atoms with Crippen LogP contribution < -0.4 is 0 Å². The van der Waals surface area contributed by atoms with Crippen molar-refractivity contribution >= 4 is 0 Å².